The number of hydrogen-bond acceptors (Lipinski definition) is 6. The normalized spacial score (nSPS) is 18.5. The summed E-state index contributed by atoms with van der Waals surface area (Å²) >= 11 is 1.64. The van der Waals surface area contributed by atoms with E-state index < -0.39 is 0 Å². The molecule has 2 aliphatic rings. The molecule has 0 spiro atoms. The van der Waals surface area contributed by atoms with Gasteiger partial charge in [-0.1, -0.05) is 32.1 Å². The molecule has 0 unspecified atom stereocenters. The van der Waals surface area contributed by atoms with Gasteiger partial charge in [0.2, 0.25) is 5.95 Å². The van der Waals surface area contributed by atoms with Crippen molar-refractivity contribution < 1.29 is 0 Å². The van der Waals surface area contributed by atoms with Gasteiger partial charge in [-0.3, -0.25) is 0 Å². The third-order valence-electron chi connectivity index (χ3n) is 4.93. The second-order valence-electron chi connectivity index (χ2n) is 6.93. The summed E-state index contributed by atoms with van der Waals surface area (Å²) in [5, 5.41) is 10.0. The fourth-order valence-electron chi connectivity index (χ4n) is 3.32. The van der Waals surface area contributed by atoms with Crippen molar-refractivity contribution in [2.45, 2.75) is 57.4 Å². The molecule has 0 aliphatic heterocycles. The van der Waals surface area contributed by atoms with Crippen LogP contribution >= 0.6 is 11.3 Å². The highest BCUT2D eigenvalue weighted by Gasteiger charge is 2.21. The standard InChI is InChI=1S/C18H25N5S/c1-2-4-14(5-3-1)22-16-15(17-19-10-11-24-17)12-21-18(23-16)20-9-8-13-6-7-13/h10-14H,1-9H2,(H2,20,21,22,23). The molecule has 0 bridgehead atoms. The maximum atomic E-state index is 4.77. The van der Waals surface area contributed by atoms with Crippen LogP contribution in [0.3, 0.4) is 0 Å². The summed E-state index contributed by atoms with van der Waals surface area (Å²) in [5.74, 6) is 2.59. The van der Waals surface area contributed by atoms with E-state index in [-0.39, 0.29) is 0 Å². The number of aromatic nitrogens is 3. The zero-order valence-electron chi connectivity index (χ0n) is 14.0. The van der Waals surface area contributed by atoms with Crippen LogP contribution in [0.4, 0.5) is 11.8 Å². The minimum Gasteiger partial charge on any atom is -0.367 e. The smallest absolute Gasteiger partial charge is 0.224 e. The van der Waals surface area contributed by atoms with Crippen molar-refractivity contribution >= 4 is 23.1 Å². The molecule has 2 saturated carbocycles. The van der Waals surface area contributed by atoms with Gasteiger partial charge >= 0.3 is 0 Å². The molecule has 0 amide bonds. The third kappa shape index (κ3) is 4.04. The summed E-state index contributed by atoms with van der Waals surface area (Å²) in [6, 6.07) is 0.520. The van der Waals surface area contributed by atoms with E-state index in [9.17, 15) is 0 Å². The van der Waals surface area contributed by atoms with Crippen molar-refractivity contribution in [1.29, 1.82) is 0 Å². The van der Waals surface area contributed by atoms with Gasteiger partial charge in [0.1, 0.15) is 10.8 Å². The summed E-state index contributed by atoms with van der Waals surface area (Å²) in [7, 11) is 0. The number of anilines is 2. The zero-order chi connectivity index (χ0) is 16.2. The molecule has 0 atom stereocenters. The molecule has 2 aliphatic carbocycles. The Bertz CT molecular complexity index is 647. The Labute approximate surface area is 147 Å². The molecular weight excluding hydrogens is 318 g/mol. The Balaban J connectivity index is 1.51. The topological polar surface area (TPSA) is 62.7 Å². The molecule has 2 aromatic rings. The summed E-state index contributed by atoms with van der Waals surface area (Å²) in [6.07, 6.45) is 14.2. The van der Waals surface area contributed by atoms with Gasteiger partial charge in [0.05, 0.1) is 5.56 Å². The predicted octanol–water partition coefficient (Wildman–Crippen LogP) is 4.56. The van der Waals surface area contributed by atoms with Gasteiger partial charge in [-0.2, -0.15) is 4.98 Å². The first-order valence-corrected chi connectivity index (χ1v) is 10.0. The minimum absolute atomic E-state index is 0.520. The van der Waals surface area contributed by atoms with E-state index in [1.54, 1.807) is 11.3 Å². The lowest BCUT2D eigenvalue weighted by Gasteiger charge is -2.24. The van der Waals surface area contributed by atoms with E-state index in [0.29, 0.717) is 6.04 Å². The summed E-state index contributed by atoms with van der Waals surface area (Å²) < 4.78 is 0. The van der Waals surface area contributed by atoms with Crippen LogP contribution in [0.25, 0.3) is 10.6 Å². The molecule has 2 N–H and O–H groups in total. The molecule has 4 rings (SSSR count). The van der Waals surface area contributed by atoms with Gasteiger partial charge in [0, 0.05) is 30.4 Å². The minimum atomic E-state index is 0.520. The van der Waals surface area contributed by atoms with Crippen molar-refractivity contribution in [2.24, 2.45) is 5.92 Å². The summed E-state index contributed by atoms with van der Waals surface area (Å²) in [4.78, 5) is 13.7. The average molecular weight is 344 g/mol. The molecule has 2 fully saturated rings. The molecule has 6 heteroatoms. The molecule has 0 aromatic carbocycles. The van der Waals surface area contributed by atoms with Gasteiger partial charge in [-0.15, -0.1) is 11.3 Å². The summed E-state index contributed by atoms with van der Waals surface area (Å²) in [6.45, 7) is 0.962. The predicted molar refractivity (Wildman–Crippen MR) is 99.5 cm³/mol. The lowest BCUT2D eigenvalue weighted by molar-refractivity contribution is 0.462. The van der Waals surface area contributed by atoms with Crippen molar-refractivity contribution in [3.63, 3.8) is 0 Å². The summed E-state index contributed by atoms with van der Waals surface area (Å²) in [5.41, 5.74) is 1.02. The Morgan fingerprint density at radius 3 is 2.71 bits per heavy atom. The lowest BCUT2D eigenvalue weighted by Crippen LogP contribution is -2.23. The Morgan fingerprint density at radius 1 is 1.08 bits per heavy atom. The largest absolute Gasteiger partial charge is 0.367 e. The molecule has 0 radical (unpaired) electrons. The van der Waals surface area contributed by atoms with Gasteiger partial charge in [-0.25, -0.2) is 9.97 Å². The van der Waals surface area contributed by atoms with Gasteiger partial charge in [-0.05, 0) is 25.2 Å². The van der Waals surface area contributed by atoms with Crippen molar-refractivity contribution in [3.05, 3.63) is 17.8 Å². The van der Waals surface area contributed by atoms with Crippen molar-refractivity contribution in [3.8, 4) is 10.6 Å². The average Bonchev–Trinajstić information content (AvgIpc) is 3.27. The fraction of sp³-hybridized carbons (Fsp3) is 0.611. The first-order chi connectivity index (χ1) is 11.9. The van der Waals surface area contributed by atoms with E-state index in [1.807, 2.05) is 17.8 Å². The second kappa shape index (κ2) is 7.47. The first kappa shape index (κ1) is 15.8. The van der Waals surface area contributed by atoms with Crippen molar-refractivity contribution in [1.82, 2.24) is 15.0 Å². The molecule has 0 saturated heterocycles. The van der Waals surface area contributed by atoms with Crippen LogP contribution in [0.5, 0.6) is 0 Å². The van der Waals surface area contributed by atoms with Crippen LogP contribution in [0.1, 0.15) is 51.4 Å². The third-order valence-corrected chi connectivity index (χ3v) is 5.74. The first-order valence-electron chi connectivity index (χ1n) is 9.16. The van der Waals surface area contributed by atoms with Crippen molar-refractivity contribution in [2.75, 3.05) is 17.2 Å². The molecule has 2 aromatic heterocycles. The number of thiazole rings is 1. The SMILES string of the molecule is c1csc(-c2cnc(NCCC3CC3)nc2NC2CCCCC2)n1. The molecule has 128 valence electrons. The molecule has 5 nitrogen and oxygen atoms in total. The second-order valence-corrected chi connectivity index (χ2v) is 7.83. The Kier molecular flexibility index (Phi) is 4.92. The number of hydrogen-bond donors (Lipinski definition) is 2. The molecular formula is C18H25N5S. The van der Waals surface area contributed by atoms with E-state index >= 15 is 0 Å². The van der Waals surface area contributed by atoms with Crippen LogP contribution in [0, 0.1) is 5.92 Å². The highest BCUT2D eigenvalue weighted by Crippen LogP contribution is 2.33. The van der Waals surface area contributed by atoms with Gasteiger partial charge in [0.15, 0.2) is 0 Å². The van der Waals surface area contributed by atoms with Crippen LogP contribution < -0.4 is 10.6 Å². The highest BCUT2D eigenvalue weighted by atomic mass is 32.1. The number of nitrogens with one attached hydrogen (secondary N) is 2. The lowest BCUT2D eigenvalue weighted by atomic mass is 9.95. The van der Waals surface area contributed by atoms with Crippen LogP contribution in [-0.2, 0) is 0 Å². The van der Waals surface area contributed by atoms with Gasteiger partial charge in [0.25, 0.3) is 0 Å². The van der Waals surface area contributed by atoms with Gasteiger partial charge < -0.3 is 10.6 Å². The fourth-order valence-corrected chi connectivity index (χ4v) is 3.97. The van der Waals surface area contributed by atoms with Crippen LogP contribution in [0.2, 0.25) is 0 Å². The van der Waals surface area contributed by atoms with E-state index in [2.05, 4.69) is 20.6 Å². The van der Waals surface area contributed by atoms with Crippen LogP contribution in [0.15, 0.2) is 17.8 Å². The Morgan fingerprint density at radius 2 is 1.96 bits per heavy atom. The maximum Gasteiger partial charge on any atom is 0.224 e. The van der Waals surface area contributed by atoms with Crippen LogP contribution in [-0.4, -0.2) is 27.5 Å². The van der Waals surface area contributed by atoms with E-state index in [0.717, 1.165) is 34.8 Å². The number of nitrogens with zero attached hydrogens (tertiary/aromatic N) is 3. The quantitative estimate of drug-likeness (QED) is 0.772. The maximum absolute atomic E-state index is 4.77. The molecule has 24 heavy (non-hydrogen) atoms. The van der Waals surface area contributed by atoms with E-state index in [4.69, 9.17) is 4.98 Å². The number of rotatable bonds is 7. The zero-order valence-corrected chi connectivity index (χ0v) is 14.8. The Hall–Kier alpha value is -1.69. The van der Waals surface area contributed by atoms with E-state index in [1.165, 1.54) is 51.4 Å². The molecule has 2 heterocycles. The highest BCUT2D eigenvalue weighted by molar-refractivity contribution is 7.13. The monoisotopic (exact) mass is 343 g/mol.